The maximum Gasteiger partial charge on any atom is 0.0251 e. The second-order valence-electron chi connectivity index (χ2n) is 3.11. The van der Waals surface area contributed by atoms with Crippen molar-refractivity contribution in [2.75, 3.05) is 5.88 Å². The zero-order valence-corrected chi connectivity index (χ0v) is 6.82. The third-order valence-electron chi connectivity index (χ3n) is 2.45. The number of hydrogen-bond acceptors (Lipinski definition) is 0. The molecule has 54 valence electrons. The lowest BCUT2D eigenvalue weighted by Crippen LogP contribution is -1.95. The van der Waals surface area contributed by atoms with Crippen molar-refractivity contribution in [2.45, 2.75) is 32.6 Å². The van der Waals surface area contributed by atoms with E-state index in [1.54, 1.807) is 0 Å². The summed E-state index contributed by atoms with van der Waals surface area (Å²) in [6.07, 6.45) is 5.54. The van der Waals surface area contributed by atoms with Gasteiger partial charge in [0.05, 0.1) is 0 Å². The maximum atomic E-state index is 5.73. The molecule has 0 aromatic rings. The van der Waals surface area contributed by atoms with Gasteiger partial charge >= 0.3 is 0 Å². The minimum absolute atomic E-state index is 0.844. The Morgan fingerprint density at radius 1 is 1.33 bits per heavy atom. The standard InChI is InChI=1S/C8H15Cl/c1-2-7-3-4-8(5-7)6-9/h7-8H,2-6H2,1H3. The van der Waals surface area contributed by atoms with Gasteiger partial charge in [-0.25, -0.2) is 0 Å². The second-order valence-corrected chi connectivity index (χ2v) is 3.42. The highest BCUT2D eigenvalue weighted by Gasteiger charge is 2.21. The zero-order chi connectivity index (χ0) is 6.69. The maximum absolute atomic E-state index is 5.73. The van der Waals surface area contributed by atoms with Crippen molar-refractivity contribution in [1.29, 1.82) is 0 Å². The summed E-state index contributed by atoms with van der Waals surface area (Å²) in [7, 11) is 0. The molecule has 0 aromatic heterocycles. The summed E-state index contributed by atoms with van der Waals surface area (Å²) < 4.78 is 0. The van der Waals surface area contributed by atoms with Gasteiger partial charge in [0, 0.05) is 5.88 Å². The van der Waals surface area contributed by atoms with Crippen LogP contribution >= 0.6 is 11.6 Å². The molecule has 0 N–H and O–H groups in total. The van der Waals surface area contributed by atoms with Crippen LogP contribution in [0.2, 0.25) is 0 Å². The van der Waals surface area contributed by atoms with Gasteiger partial charge in [0.25, 0.3) is 0 Å². The molecule has 0 heterocycles. The van der Waals surface area contributed by atoms with Crippen molar-refractivity contribution >= 4 is 11.6 Å². The van der Waals surface area contributed by atoms with Crippen LogP contribution in [0.5, 0.6) is 0 Å². The Bertz CT molecular complexity index is 70.6. The Morgan fingerprint density at radius 2 is 2.00 bits per heavy atom. The van der Waals surface area contributed by atoms with E-state index in [2.05, 4.69) is 6.92 Å². The van der Waals surface area contributed by atoms with Crippen LogP contribution in [0.25, 0.3) is 0 Å². The number of halogens is 1. The molecule has 0 bridgehead atoms. The van der Waals surface area contributed by atoms with E-state index in [-0.39, 0.29) is 0 Å². The molecule has 2 atom stereocenters. The Hall–Kier alpha value is 0.290. The van der Waals surface area contributed by atoms with Gasteiger partial charge in [-0.3, -0.25) is 0 Å². The summed E-state index contributed by atoms with van der Waals surface area (Å²) in [6.45, 7) is 2.28. The first-order valence-corrected chi connectivity index (χ1v) is 4.46. The second kappa shape index (κ2) is 3.46. The topological polar surface area (TPSA) is 0 Å². The lowest BCUT2D eigenvalue weighted by molar-refractivity contribution is 0.503. The highest BCUT2D eigenvalue weighted by molar-refractivity contribution is 6.18. The average molecular weight is 147 g/mol. The van der Waals surface area contributed by atoms with Crippen LogP contribution in [0.1, 0.15) is 32.6 Å². The SMILES string of the molecule is CCC1CCC(CCl)C1. The van der Waals surface area contributed by atoms with Gasteiger partial charge in [0.15, 0.2) is 0 Å². The van der Waals surface area contributed by atoms with Crippen LogP contribution in [0, 0.1) is 11.8 Å². The minimum Gasteiger partial charge on any atom is -0.126 e. The summed E-state index contributed by atoms with van der Waals surface area (Å²) in [6, 6.07) is 0. The van der Waals surface area contributed by atoms with Crippen molar-refractivity contribution in [2.24, 2.45) is 11.8 Å². The predicted octanol–water partition coefficient (Wildman–Crippen LogP) is 3.05. The normalized spacial score (nSPS) is 35.3. The number of rotatable bonds is 2. The summed E-state index contributed by atoms with van der Waals surface area (Å²) in [5.74, 6) is 2.72. The molecule has 9 heavy (non-hydrogen) atoms. The average Bonchev–Trinajstić information content (AvgIpc) is 2.34. The molecule has 1 aliphatic carbocycles. The van der Waals surface area contributed by atoms with E-state index < -0.39 is 0 Å². The molecule has 1 aliphatic rings. The lowest BCUT2D eigenvalue weighted by Gasteiger charge is -2.04. The third kappa shape index (κ3) is 1.86. The van der Waals surface area contributed by atoms with E-state index in [1.165, 1.54) is 25.7 Å². The first-order valence-electron chi connectivity index (χ1n) is 3.92. The fourth-order valence-corrected chi connectivity index (χ4v) is 1.97. The van der Waals surface area contributed by atoms with Crippen molar-refractivity contribution < 1.29 is 0 Å². The minimum atomic E-state index is 0.844. The molecular weight excluding hydrogens is 132 g/mol. The van der Waals surface area contributed by atoms with E-state index in [1.807, 2.05) is 0 Å². The Balaban J connectivity index is 2.20. The van der Waals surface area contributed by atoms with Crippen LogP contribution in [0.15, 0.2) is 0 Å². The largest absolute Gasteiger partial charge is 0.126 e. The van der Waals surface area contributed by atoms with Gasteiger partial charge in [-0.1, -0.05) is 19.8 Å². The quantitative estimate of drug-likeness (QED) is 0.526. The third-order valence-corrected chi connectivity index (χ3v) is 2.88. The van der Waals surface area contributed by atoms with Gasteiger partial charge in [-0.05, 0) is 24.7 Å². The molecule has 0 radical (unpaired) electrons. The summed E-state index contributed by atoms with van der Waals surface area (Å²) in [5, 5.41) is 0. The van der Waals surface area contributed by atoms with Gasteiger partial charge in [0.1, 0.15) is 0 Å². The smallest absolute Gasteiger partial charge is 0.0251 e. The molecule has 0 amide bonds. The molecular formula is C8H15Cl. The molecule has 0 aromatic carbocycles. The van der Waals surface area contributed by atoms with Crippen LogP contribution in [0.4, 0.5) is 0 Å². The van der Waals surface area contributed by atoms with E-state index in [4.69, 9.17) is 11.6 Å². The fourth-order valence-electron chi connectivity index (χ4n) is 1.69. The number of alkyl halides is 1. The molecule has 1 fully saturated rings. The van der Waals surface area contributed by atoms with Crippen molar-refractivity contribution in [3.8, 4) is 0 Å². The van der Waals surface area contributed by atoms with E-state index in [0.29, 0.717) is 0 Å². The van der Waals surface area contributed by atoms with Crippen molar-refractivity contribution in [3.05, 3.63) is 0 Å². The van der Waals surface area contributed by atoms with Crippen LogP contribution in [0.3, 0.4) is 0 Å². The van der Waals surface area contributed by atoms with Gasteiger partial charge in [-0.2, -0.15) is 0 Å². The first-order chi connectivity index (χ1) is 4.36. The Morgan fingerprint density at radius 3 is 2.33 bits per heavy atom. The van der Waals surface area contributed by atoms with E-state index in [0.717, 1.165) is 17.7 Å². The van der Waals surface area contributed by atoms with E-state index in [9.17, 15) is 0 Å². The molecule has 1 saturated carbocycles. The summed E-state index contributed by atoms with van der Waals surface area (Å²) in [5.41, 5.74) is 0. The van der Waals surface area contributed by atoms with E-state index >= 15 is 0 Å². The molecule has 1 rings (SSSR count). The number of hydrogen-bond donors (Lipinski definition) is 0. The highest BCUT2D eigenvalue weighted by Crippen LogP contribution is 2.33. The van der Waals surface area contributed by atoms with Crippen molar-refractivity contribution in [3.63, 3.8) is 0 Å². The van der Waals surface area contributed by atoms with Crippen molar-refractivity contribution in [1.82, 2.24) is 0 Å². The van der Waals surface area contributed by atoms with Crippen LogP contribution in [-0.4, -0.2) is 5.88 Å². The molecule has 0 spiro atoms. The molecule has 0 aliphatic heterocycles. The van der Waals surface area contributed by atoms with Gasteiger partial charge < -0.3 is 0 Å². The molecule has 0 saturated heterocycles. The fraction of sp³-hybridized carbons (Fsp3) is 1.00. The molecule has 1 heteroatoms. The van der Waals surface area contributed by atoms with Crippen LogP contribution < -0.4 is 0 Å². The van der Waals surface area contributed by atoms with Gasteiger partial charge in [-0.15, -0.1) is 11.6 Å². The Kier molecular flexibility index (Phi) is 2.84. The molecule has 2 unspecified atom stereocenters. The lowest BCUT2D eigenvalue weighted by atomic mass is 10.0. The Labute approximate surface area is 62.6 Å². The first kappa shape index (κ1) is 7.40. The zero-order valence-electron chi connectivity index (χ0n) is 6.07. The predicted molar refractivity (Wildman–Crippen MR) is 41.8 cm³/mol. The highest BCUT2D eigenvalue weighted by atomic mass is 35.5. The summed E-state index contributed by atoms with van der Waals surface area (Å²) in [4.78, 5) is 0. The monoisotopic (exact) mass is 146 g/mol. The summed E-state index contributed by atoms with van der Waals surface area (Å²) >= 11 is 5.73. The van der Waals surface area contributed by atoms with Gasteiger partial charge in [0.2, 0.25) is 0 Å². The molecule has 0 nitrogen and oxygen atoms in total. The van der Waals surface area contributed by atoms with Crippen LogP contribution in [-0.2, 0) is 0 Å².